The molecule has 0 aromatic carbocycles. The summed E-state index contributed by atoms with van der Waals surface area (Å²) in [5.74, 6) is -2.37. The van der Waals surface area contributed by atoms with Crippen molar-refractivity contribution in [1.29, 1.82) is 0 Å². The van der Waals surface area contributed by atoms with Gasteiger partial charge in [-0.3, -0.25) is 19.6 Å². The quantitative estimate of drug-likeness (QED) is 0.283. The first-order valence-electron chi connectivity index (χ1n) is 11.7. The number of nitrogens with zero attached hydrogens (tertiary/aromatic N) is 3. The Kier molecular flexibility index (Phi) is 9.58. The van der Waals surface area contributed by atoms with Crippen molar-refractivity contribution in [1.82, 2.24) is 15.0 Å². The van der Waals surface area contributed by atoms with E-state index >= 15 is 0 Å². The number of rotatable bonds is 10. The maximum atomic E-state index is 12.5. The maximum absolute atomic E-state index is 12.5. The molecule has 0 radical (unpaired) electrons. The third-order valence-corrected chi connectivity index (χ3v) is 5.04. The molecule has 198 valence electrons. The van der Waals surface area contributed by atoms with E-state index in [1.807, 2.05) is 0 Å². The Morgan fingerprint density at radius 1 is 0.632 bits per heavy atom. The molecule has 0 spiro atoms. The van der Waals surface area contributed by atoms with Crippen LogP contribution >= 0.6 is 0 Å². The molecule has 0 bridgehead atoms. The zero-order valence-electron chi connectivity index (χ0n) is 21.4. The molecule has 0 saturated carbocycles. The van der Waals surface area contributed by atoms with Crippen molar-refractivity contribution in [2.24, 2.45) is 0 Å². The molecule has 0 N–H and O–H groups in total. The number of hydrogen-bond acceptors (Lipinski definition) is 11. The van der Waals surface area contributed by atoms with Gasteiger partial charge in [-0.15, -0.1) is 0 Å². The molecule has 11 heteroatoms. The van der Waals surface area contributed by atoms with E-state index in [4.69, 9.17) is 18.9 Å². The molecule has 0 aliphatic rings. The average Bonchev–Trinajstić information content (AvgIpc) is 2.90. The molecular weight excluding hydrogens is 494 g/mol. The lowest BCUT2D eigenvalue weighted by molar-refractivity contribution is -0.147. The van der Waals surface area contributed by atoms with Gasteiger partial charge in [-0.1, -0.05) is 18.2 Å². The van der Waals surface area contributed by atoms with E-state index in [-0.39, 0.29) is 24.6 Å². The standard InChI is InChI=1S/C27H27N3O8/c1-16(37-18(3)31)22-10-5-8-20(28-22)14-35-26(33)24-12-7-13-25(30-24)27(34)36-15-21-9-6-11-23(29-21)17(2)38-19(4)32/h5-13,16-17H,14-15H2,1-4H3. The van der Waals surface area contributed by atoms with Gasteiger partial charge in [0.25, 0.3) is 0 Å². The molecular formula is C27H27N3O8. The summed E-state index contributed by atoms with van der Waals surface area (Å²) < 4.78 is 20.8. The van der Waals surface area contributed by atoms with Gasteiger partial charge in [0.15, 0.2) is 0 Å². The highest BCUT2D eigenvalue weighted by molar-refractivity contribution is 5.91. The van der Waals surface area contributed by atoms with Crippen molar-refractivity contribution in [2.45, 2.75) is 53.1 Å². The molecule has 38 heavy (non-hydrogen) atoms. The van der Waals surface area contributed by atoms with Crippen LogP contribution in [0.15, 0.2) is 54.6 Å². The van der Waals surface area contributed by atoms with Crippen molar-refractivity contribution < 1.29 is 38.1 Å². The molecule has 0 aliphatic heterocycles. The van der Waals surface area contributed by atoms with Crippen molar-refractivity contribution >= 4 is 23.9 Å². The van der Waals surface area contributed by atoms with E-state index in [0.717, 1.165) is 0 Å². The Balaban J connectivity index is 1.58. The van der Waals surface area contributed by atoms with Crippen LogP contribution in [0.1, 0.15) is 83.7 Å². The van der Waals surface area contributed by atoms with Gasteiger partial charge in [0, 0.05) is 13.8 Å². The molecule has 3 heterocycles. The third-order valence-electron chi connectivity index (χ3n) is 5.04. The number of hydrogen-bond donors (Lipinski definition) is 0. The van der Waals surface area contributed by atoms with E-state index in [2.05, 4.69) is 15.0 Å². The van der Waals surface area contributed by atoms with Crippen LogP contribution < -0.4 is 0 Å². The second-order valence-corrected chi connectivity index (χ2v) is 8.17. The smallest absolute Gasteiger partial charge is 0.357 e. The second kappa shape index (κ2) is 13.0. The molecule has 2 atom stereocenters. The van der Waals surface area contributed by atoms with Crippen LogP contribution in [0.5, 0.6) is 0 Å². The first-order valence-corrected chi connectivity index (χ1v) is 11.7. The summed E-state index contributed by atoms with van der Waals surface area (Å²) in [5, 5.41) is 0. The molecule has 3 aromatic rings. The van der Waals surface area contributed by atoms with E-state index < -0.39 is 36.1 Å². The molecule has 0 aliphatic carbocycles. The number of ether oxygens (including phenoxy) is 4. The van der Waals surface area contributed by atoms with Crippen LogP contribution in [0.2, 0.25) is 0 Å². The normalized spacial score (nSPS) is 12.1. The van der Waals surface area contributed by atoms with Gasteiger partial charge in [0.2, 0.25) is 0 Å². The molecule has 3 aromatic heterocycles. The molecule has 2 unspecified atom stereocenters. The fourth-order valence-electron chi connectivity index (χ4n) is 3.32. The van der Waals surface area contributed by atoms with Gasteiger partial charge in [0.1, 0.15) is 36.8 Å². The first-order chi connectivity index (χ1) is 18.1. The van der Waals surface area contributed by atoms with E-state index in [0.29, 0.717) is 22.8 Å². The van der Waals surface area contributed by atoms with Gasteiger partial charge < -0.3 is 18.9 Å². The zero-order chi connectivity index (χ0) is 27.7. The Labute approximate surface area is 219 Å². The summed E-state index contributed by atoms with van der Waals surface area (Å²) in [6.07, 6.45) is -1.11. The van der Waals surface area contributed by atoms with Gasteiger partial charge in [-0.2, -0.15) is 0 Å². The fraction of sp³-hybridized carbons (Fsp3) is 0.296. The first kappa shape index (κ1) is 27.9. The van der Waals surface area contributed by atoms with Crippen molar-refractivity contribution in [3.63, 3.8) is 0 Å². The Bertz CT molecular complexity index is 1230. The van der Waals surface area contributed by atoms with Crippen molar-refractivity contribution in [2.75, 3.05) is 0 Å². The summed E-state index contributed by atoms with van der Waals surface area (Å²) in [5.41, 5.74) is 1.75. The predicted octanol–water partition coefficient (Wildman–Crippen LogP) is 3.83. The van der Waals surface area contributed by atoms with Gasteiger partial charge in [-0.05, 0) is 50.2 Å². The minimum Gasteiger partial charge on any atom is -0.456 e. The van der Waals surface area contributed by atoms with Crippen LogP contribution in [-0.4, -0.2) is 38.8 Å². The Hall–Kier alpha value is -4.67. The van der Waals surface area contributed by atoms with Crippen LogP contribution in [0.3, 0.4) is 0 Å². The molecule has 0 saturated heterocycles. The van der Waals surface area contributed by atoms with Crippen LogP contribution in [0.25, 0.3) is 0 Å². The zero-order valence-corrected chi connectivity index (χ0v) is 21.4. The summed E-state index contributed by atoms with van der Waals surface area (Å²) in [7, 11) is 0. The highest BCUT2D eigenvalue weighted by Gasteiger charge is 2.17. The predicted molar refractivity (Wildman–Crippen MR) is 131 cm³/mol. The van der Waals surface area contributed by atoms with E-state index in [1.165, 1.54) is 32.0 Å². The molecule has 0 fully saturated rings. The van der Waals surface area contributed by atoms with Crippen molar-refractivity contribution in [3.05, 3.63) is 88.8 Å². The Morgan fingerprint density at radius 2 is 1.03 bits per heavy atom. The molecule has 11 nitrogen and oxygen atoms in total. The maximum Gasteiger partial charge on any atom is 0.357 e. The van der Waals surface area contributed by atoms with Crippen LogP contribution in [0.4, 0.5) is 0 Å². The van der Waals surface area contributed by atoms with Gasteiger partial charge in [0.05, 0.1) is 22.8 Å². The second-order valence-electron chi connectivity index (χ2n) is 8.17. The average molecular weight is 522 g/mol. The monoisotopic (exact) mass is 521 g/mol. The van der Waals surface area contributed by atoms with Crippen LogP contribution in [0, 0.1) is 0 Å². The highest BCUT2D eigenvalue weighted by Crippen LogP contribution is 2.17. The number of esters is 4. The molecule has 3 rings (SSSR count). The topological polar surface area (TPSA) is 144 Å². The Morgan fingerprint density at radius 3 is 1.42 bits per heavy atom. The van der Waals surface area contributed by atoms with Crippen LogP contribution in [-0.2, 0) is 41.8 Å². The summed E-state index contributed by atoms with van der Waals surface area (Å²) in [6, 6.07) is 14.4. The number of carbonyl (C=O) groups excluding carboxylic acids is 4. The van der Waals surface area contributed by atoms with E-state index in [1.54, 1.807) is 50.2 Å². The van der Waals surface area contributed by atoms with Gasteiger partial charge >= 0.3 is 23.9 Å². The lowest BCUT2D eigenvalue weighted by Gasteiger charge is -2.12. The number of aromatic nitrogens is 3. The highest BCUT2D eigenvalue weighted by atomic mass is 16.6. The van der Waals surface area contributed by atoms with Gasteiger partial charge in [-0.25, -0.2) is 14.6 Å². The summed E-state index contributed by atoms with van der Waals surface area (Å²) in [6.45, 7) is 5.69. The fourth-order valence-corrected chi connectivity index (χ4v) is 3.32. The van der Waals surface area contributed by atoms with Crippen molar-refractivity contribution in [3.8, 4) is 0 Å². The summed E-state index contributed by atoms with van der Waals surface area (Å²) in [4.78, 5) is 60.1. The SMILES string of the molecule is CC(=O)OC(C)c1cccc(COC(=O)c2cccc(C(=O)OCc3cccc(C(C)OC(C)=O)n3)n2)n1. The minimum atomic E-state index is -0.756. The number of pyridine rings is 3. The summed E-state index contributed by atoms with van der Waals surface area (Å²) >= 11 is 0. The number of carbonyl (C=O) groups is 4. The lowest BCUT2D eigenvalue weighted by atomic mass is 10.2. The molecule has 0 amide bonds. The minimum absolute atomic E-state index is 0.0841. The lowest BCUT2D eigenvalue weighted by Crippen LogP contribution is -2.14. The van der Waals surface area contributed by atoms with E-state index in [9.17, 15) is 19.2 Å². The largest absolute Gasteiger partial charge is 0.456 e. The third kappa shape index (κ3) is 8.19.